The van der Waals surface area contributed by atoms with Crippen LogP contribution in [0.1, 0.15) is 31.4 Å². The van der Waals surface area contributed by atoms with Crippen molar-refractivity contribution in [2.24, 2.45) is 11.7 Å². The number of hydrogen-bond acceptors (Lipinski definition) is 4. The number of aromatic nitrogens is 1. The van der Waals surface area contributed by atoms with Crippen molar-refractivity contribution in [3.05, 3.63) is 24.0 Å². The summed E-state index contributed by atoms with van der Waals surface area (Å²) in [5.41, 5.74) is 5.84. The molecule has 1 heterocycles. The van der Waals surface area contributed by atoms with Crippen molar-refractivity contribution in [2.45, 2.75) is 30.6 Å². The van der Waals surface area contributed by atoms with Crippen molar-refractivity contribution in [3.8, 4) is 0 Å². The maximum Gasteiger partial charge on any atom is 0.242 e. The SMILES string of the molecule is NC(=S)c1ccc(S(=O)(=O)NCC2CCCC2)cn1. The predicted molar refractivity (Wildman–Crippen MR) is 77.3 cm³/mol. The Morgan fingerprint density at radius 1 is 1.42 bits per heavy atom. The fraction of sp³-hybridized carbons (Fsp3) is 0.500. The Kier molecular flexibility index (Phi) is 4.49. The fourth-order valence-corrected chi connectivity index (χ4v) is 3.39. The summed E-state index contributed by atoms with van der Waals surface area (Å²) in [4.78, 5) is 4.24. The first-order chi connectivity index (χ1) is 8.99. The van der Waals surface area contributed by atoms with Crippen LogP contribution in [0, 0.1) is 5.92 Å². The Morgan fingerprint density at radius 2 is 2.11 bits per heavy atom. The zero-order chi connectivity index (χ0) is 13.9. The summed E-state index contributed by atoms with van der Waals surface area (Å²) in [6.07, 6.45) is 5.86. The van der Waals surface area contributed by atoms with Crippen LogP contribution in [0.2, 0.25) is 0 Å². The summed E-state index contributed by atoms with van der Waals surface area (Å²) in [6.45, 7) is 0.499. The van der Waals surface area contributed by atoms with E-state index >= 15 is 0 Å². The predicted octanol–water partition coefficient (Wildman–Crippen LogP) is 1.18. The molecule has 0 amide bonds. The van der Waals surface area contributed by atoms with E-state index in [1.54, 1.807) is 0 Å². The molecule has 5 nitrogen and oxygen atoms in total. The number of thiocarbonyl (C=S) groups is 1. The third-order valence-electron chi connectivity index (χ3n) is 3.34. The summed E-state index contributed by atoms with van der Waals surface area (Å²) >= 11 is 4.77. The third-order valence-corrected chi connectivity index (χ3v) is 4.95. The van der Waals surface area contributed by atoms with Gasteiger partial charge in [0.05, 0.1) is 5.69 Å². The molecular weight excluding hydrogens is 282 g/mol. The highest BCUT2D eigenvalue weighted by Crippen LogP contribution is 2.24. The number of sulfonamides is 1. The van der Waals surface area contributed by atoms with Crippen molar-refractivity contribution in [3.63, 3.8) is 0 Å². The molecule has 0 aromatic carbocycles. The molecule has 1 saturated carbocycles. The molecule has 0 spiro atoms. The van der Waals surface area contributed by atoms with Gasteiger partial charge >= 0.3 is 0 Å². The van der Waals surface area contributed by atoms with Gasteiger partial charge in [0.15, 0.2) is 0 Å². The van der Waals surface area contributed by atoms with Crippen LogP contribution in [-0.2, 0) is 10.0 Å². The van der Waals surface area contributed by atoms with Crippen LogP contribution < -0.4 is 10.5 Å². The van der Waals surface area contributed by atoms with E-state index in [1.807, 2.05) is 0 Å². The van der Waals surface area contributed by atoms with Gasteiger partial charge in [0, 0.05) is 12.7 Å². The second-order valence-electron chi connectivity index (χ2n) is 4.75. The number of nitrogens with one attached hydrogen (secondary N) is 1. The largest absolute Gasteiger partial charge is 0.388 e. The van der Waals surface area contributed by atoms with Crippen LogP contribution in [0.3, 0.4) is 0 Å². The molecular formula is C12H17N3O2S2. The van der Waals surface area contributed by atoms with Gasteiger partial charge in [0.2, 0.25) is 10.0 Å². The van der Waals surface area contributed by atoms with Gasteiger partial charge in [-0.05, 0) is 30.9 Å². The highest BCUT2D eigenvalue weighted by Gasteiger charge is 2.20. The average Bonchev–Trinajstić information content (AvgIpc) is 2.90. The van der Waals surface area contributed by atoms with Gasteiger partial charge in [0.25, 0.3) is 0 Å². The monoisotopic (exact) mass is 299 g/mol. The summed E-state index contributed by atoms with van der Waals surface area (Å²) in [5, 5.41) is 0. The number of nitrogens with two attached hydrogens (primary N) is 1. The molecule has 0 unspecified atom stereocenters. The van der Waals surface area contributed by atoms with Crippen molar-refractivity contribution in [1.82, 2.24) is 9.71 Å². The van der Waals surface area contributed by atoms with Crippen LogP contribution in [0.15, 0.2) is 23.2 Å². The maximum absolute atomic E-state index is 12.1. The zero-order valence-electron chi connectivity index (χ0n) is 10.5. The Hall–Kier alpha value is -1.05. The second kappa shape index (κ2) is 5.94. The van der Waals surface area contributed by atoms with E-state index in [0.717, 1.165) is 12.8 Å². The van der Waals surface area contributed by atoms with E-state index in [0.29, 0.717) is 18.2 Å². The van der Waals surface area contributed by atoms with E-state index in [1.165, 1.54) is 31.2 Å². The van der Waals surface area contributed by atoms with Gasteiger partial charge in [-0.3, -0.25) is 4.98 Å². The molecule has 19 heavy (non-hydrogen) atoms. The molecule has 1 aliphatic rings. The summed E-state index contributed by atoms with van der Waals surface area (Å²) in [5.74, 6) is 0.457. The molecule has 1 aromatic heterocycles. The van der Waals surface area contributed by atoms with Crippen molar-refractivity contribution in [1.29, 1.82) is 0 Å². The minimum Gasteiger partial charge on any atom is -0.388 e. The lowest BCUT2D eigenvalue weighted by molar-refractivity contribution is 0.519. The van der Waals surface area contributed by atoms with Gasteiger partial charge in [-0.2, -0.15) is 0 Å². The fourth-order valence-electron chi connectivity index (χ4n) is 2.21. The molecule has 0 saturated heterocycles. The molecule has 3 N–H and O–H groups in total. The molecule has 0 bridgehead atoms. The Labute approximate surface area is 118 Å². The standard InChI is InChI=1S/C12H17N3O2S2/c13-12(18)11-6-5-10(8-14-11)19(16,17)15-7-9-3-1-2-4-9/h5-6,8-9,15H,1-4,7H2,(H2,13,18). The van der Waals surface area contributed by atoms with E-state index in [2.05, 4.69) is 9.71 Å². The van der Waals surface area contributed by atoms with Crippen molar-refractivity contribution < 1.29 is 8.42 Å². The number of nitrogens with zero attached hydrogens (tertiary/aromatic N) is 1. The molecule has 0 radical (unpaired) electrons. The van der Waals surface area contributed by atoms with Crippen molar-refractivity contribution in [2.75, 3.05) is 6.54 Å². The smallest absolute Gasteiger partial charge is 0.242 e. The highest BCUT2D eigenvalue weighted by molar-refractivity contribution is 7.89. The Morgan fingerprint density at radius 3 is 2.63 bits per heavy atom. The quantitative estimate of drug-likeness (QED) is 0.798. The first-order valence-electron chi connectivity index (χ1n) is 6.24. The van der Waals surface area contributed by atoms with Crippen LogP contribution in [0.5, 0.6) is 0 Å². The van der Waals surface area contributed by atoms with E-state index < -0.39 is 10.0 Å². The molecule has 0 atom stereocenters. The number of pyridine rings is 1. The van der Waals surface area contributed by atoms with E-state index in [4.69, 9.17) is 18.0 Å². The van der Waals surface area contributed by atoms with Crippen LogP contribution in [0.4, 0.5) is 0 Å². The molecule has 0 aliphatic heterocycles. The Bertz CT molecular complexity index is 549. The lowest BCUT2D eigenvalue weighted by Crippen LogP contribution is -2.28. The molecule has 104 valence electrons. The maximum atomic E-state index is 12.1. The zero-order valence-corrected chi connectivity index (χ0v) is 12.1. The molecule has 7 heteroatoms. The summed E-state index contributed by atoms with van der Waals surface area (Å²) in [7, 11) is -3.49. The van der Waals surface area contributed by atoms with Gasteiger partial charge in [-0.15, -0.1) is 0 Å². The van der Waals surface area contributed by atoms with Crippen LogP contribution in [-0.4, -0.2) is 24.9 Å². The lowest BCUT2D eigenvalue weighted by atomic mass is 10.1. The van der Waals surface area contributed by atoms with E-state index in [-0.39, 0.29) is 9.88 Å². The normalized spacial score (nSPS) is 16.6. The molecule has 2 rings (SSSR count). The number of hydrogen-bond donors (Lipinski definition) is 2. The average molecular weight is 299 g/mol. The topological polar surface area (TPSA) is 85.1 Å². The number of rotatable bonds is 5. The molecule has 1 aliphatic carbocycles. The molecule has 1 aromatic rings. The third kappa shape index (κ3) is 3.71. The van der Waals surface area contributed by atoms with E-state index in [9.17, 15) is 8.42 Å². The van der Waals surface area contributed by atoms with Gasteiger partial charge in [0.1, 0.15) is 9.88 Å². The van der Waals surface area contributed by atoms with Crippen LogP contribution in [0.25, 0.3) is 0 Å². The van der Waals surface area contributed by atoms with Gasteiger partial charge in [-0.25, -0.2) is 13.1 Å². The Balaban J connectivity index is 2.03. The molecule has 1 fully saturated rings. The van der Waals surface area contributed by atoms with Gasteiger partial charge < -0.3 is 5.73 Å². The minimum atomic E-state index is -3.49. The second-order valence-corrected chi connectivity index (χ2v) is 6.95. The highest BCUT2D eigenvalue weighted by atomic mass is 32.2. The van der Waals surface area contributed by atoms with Crippen LogP contribution >= 0.6 is 12.2 Å². The first-order valence-corrected chi connectivity index (χ1v) is 8.14. The summed E-state index contributed by atoms with van der Waals surface area (Å²) in [6, 6.07) is 2.99. The summed E-state index contributed by atoms with van der Waals surface area (Å²) < 4.78 is 26.7. The van der Waals surface area contributed by atoms with Gasteiger partial charge in [-0.1, -0.05) is 25.1 Å². The first kappa shape index (κ1) is 14.4. The lowest BCUT2D eigenvalue weighted by Gasteiger charge is -2.11. The van der Waals surface area contributed by atoms with Crippen molar-refractivity contribution >= 4 is 27.2 Å². The minimum absolute atomic E-state index is 0.144.